The summed E-state index contributed by atoms with van der Waals surface area (Å²) in [4.78, 5) is 11.2. The number of hydrazone groups is 1. The quantitative estimate of drug-likeness (QED) is 0.448. The van der Waals surface area contributed by atoms with E-state index in [1.54, 1.807) is 6.92 Å². The Balaban J connectivity index is 1.42. The first-order valence-corrected chi connectivity index (χ1v) is 12.6. The van der Waals surface area contributed by atoms with Crippen molar-refractivity contribution in [2.75, 3.05) is 13.1 Å². The van der Waals surface area contributed by atoms with Gasteiger partial charge in [-0.25, -0.2) is 0 Å². The first-order chi connectivity index (χ1) is 15.6. The van der Waals surface area contributed by atoms with Gasteiger partial charge in [-0.15, -0.1) is 0 Å². The molecule has 3 nitrogen and oxygen atoms in total. The normalized spacial score (nSPS) is 23.2. The lowest BCUT2D eigenvalue weighted by atomic mass is 9.79. The van der Waals surface area contributed by atoms with Crippen molar-refractivity contribution in [1.82, 2.24) is 5.01 Å². The maximum Gasteiger partial charge on any atom is 0.129 e. The molecule has 0 N–H and O–H groups in total. The Morgan fingerprint density at radius 1 is 0.969 bits per heavy atom. The predicted octanol–water partition coefficient (Wildman–Crippen LogP) is 6.62. The fourth-order valence-electron chi connectivity index (χ4n) is 5.63. The second-order valence-electron chi connectivity index (χ2n) is 9.81. The van der Waals surface area contributed by atoms with Crippen LogP contribution in [0.3, 0.4) is 0 Å². The van der Waals surface area contributed by atoms with E-state index in [1.165, 1.54) is 54.5 Å². The average molecular weight is 431 g/mol. The Morgan fingerprint density at radius 2 is 1.66 bits per heavy atom. The topological polar surface area (TPSA) is 32.7 Å². The molecule has 2 aliphatic rings. The van der Waals surface area contributed by atoms with Gasteiger partial charge in [-0.3, -0.25) is 5.01 Å². The molecule has 0 bridgehead atoms. The van der Waals surface area contributed by atoms with Gasteiger partial charge in [0.25, 0.3) is 0 Å². The molecule has 4 rings (SSSR count). The molecular formula is C29H38N2O. The molecule has 1 aliphatic heterocycles. The number of benzene rings is 2. The van der Waals surface area contributed by atoms with Crippen molar-refractivity contribution in [2.24, 2.45) is 16.9 Å². The lowest BCUT2D eigenvalue weighted by Gasteiger charge is -2.31. The highest BCUT2D eigenvalue weighted by molar-refractivity contribution is 6.06. The monoisotopic (exact) mass is 430 g/mol. The van der Waals surface area contributed by atoms with Gasteiger partial charge in [0.2, 0.25) is 0 Å². The summed E-state index contributed by atoms with van der Waals surface area (Å²) in [5.74, 6) is 2.23. The minimum Gasteiger partial charge on any atom is -0.300 e. The van der Waals surface area contributed by atoms with Crippen LogP contribution in [-0.4, -0.2) is 29.6 Å². The molecule has 1 atom stereocenters. The van der Waals surface area contributed by atoms with Gasteiger partial charge in [0.15, 0.2) is 0 Å². The number of Topliss-reactive ketones (excluding diaryl/α,β-unsaturated/α-hetero) is 1. The van der Waals surface area contributed by atoms with Crippen LogP contribution in [0.2, 0.25) is 0 Å². The van der Waals surface area contributed by atoms with Gasteiger partial charge in [-0.05, 0) is 61.1 Å². The molecule has 0 aromatic heterocycles. The molecule has 2 aromatic rings. The van der Waals surface area contributed by atoms with E-state index >= 15 is 0 Å². The van der Waals surface area contributed by atoms with E-state index in [-0.39, 0.29) is 0 Å². The molecule has 0 saturated heterocycles. The van der Waals surface area contributed by atoms with Crippen LogP contribution in [0, 0.1) is 11.8 Å². The van der Waals surface area contributed by atoms with Crippen LogP contribution in [0.15, 0.2) is 59.7 Å². The minimum absolute atomic E-state index is 0.332. The molecule has 32 heavy (non-hydrogen) atoms. The molecule has 3 heteroatoms. The van der Waals surface area contributed by atoms with E-state index < -0.39 is 0 Å². The van der Waals surface area contributed by atoms with Crippen LogP contribution in [0.4, 0.5) is 0 Å². The third-order valence-corrected chi connectivity index (χ3v) is 7.43. The van der Waals surface area contributed by atoms with Crippen LogP contribution < -0.4 is 0 Å². The number of carbonyl (C=O) groups excluding carboxylic acids is 1. The molecule has 1 aliphatic carbocycles. The fraction of sp³-hybridized carbons (Fsp3) is 0.517. The first-order valence-electron chi connectivity index (χ1n) is 12.6. The number of rotatable bonds is 9. The van der Waals surface area contributed by atoms with Gasteiger partial charge >= 0.3 is 0 Å². The second-order valence-corrected chi connectivity index (χ2v) is 9.81. The van der Waals surface area contributed by atoms with Gasteiger partial charge in [0.05, 0.1) is 5.71 Å². The summed E-state index contributed by atoms with van der Waals surface area (Å²) in [6.07, 6.45) is 9.33. The standard InChI is InChI=1S/C29H38N2O/c1-3-25-12-7-8-15-27(25)28-21-31(30-29(28)26-13-5-4-6-14-26)20-24-18-16-23(17-19-24)11-9-10-22(2)32/h4-8,12-15,23-24,28H,3,9-11,16-21H2,1-2H3. The molecule has 1 unspecified atom stereocenters. The summed E-state index contributed by atoms with van der Waals surface area (Å²) in [5.41, 5.74) is 5.35. The lowest BCUT2D eigenvalue weighted by Crippen LogP contribution is -2.28. The van der Waals surface area contributed by atoms with Gasteiger partial charge in [-0.2, -0.15) is 5.10 Å². The zero-order valence-corrected chi connectivity index (χ0v) is 19.8. The summed E-state index contributed by atoms with van der Waals surface area (Å²) in [5, 5.41) is 7.55. The predicted molar refractivity (Wildman–Crippen MR) is 133 cm³/mol. The lowest BCUT2D eigenvalue weighted by molar-refractivity contribution is -0.117. The third kappa shape index (κ3) is 5.68. The average Bonchev–Trinajstić information content (AvgIpc) is 3.24. The Morgan fingerprint density at radius 3 is 2.38 bits per heavy atom. The van der Waals surface area contributed by atoms with Gasteiger partial charge in [-0.1, -0.05) is 80.8 Å². The number of aryl methyl sites for hydroxylation is 1. The van der Waals surface area contributed by atoms with E-state index in [9.17, 15) is 4.79 Å². The number of nitrogens with zero attached hydrogens (tertiary/aromatic N) is 2. The van der Waals surface area contributed by atoms with Crippen molar-refractivity contribution in [3.8, 4) is 0 Å². The van der Waals surface area contributed by atoms with E-state index in [0.717, 1.165) is 44.2 Å². The third-order valence-electron chi connectivity index (χ3n) is 7.43. The molecule has 0 spiro atoms. The largest absolute Gasteiger partial charge is 0.300 e. The fourth-order valence-corrected chi connectivity index (χ4v) is 5.63. The summed E-state index contributed by atoms with van der Waals surface area (Å²) < 4.78 is 0. The molecule has 1 heterocycles. The highest BCUT2D eigenvalue weighted by atomic mass is 16.1. The van der Waals surface area contributed by atoms with Crippen molar-refractivity contribution >= 4 is 11.5 Å². The molecule has 2 aromatic carbocycles. The maximum absolute atomic E-state index is 11.2. The van der Waals surface area contributed by atoms with Crippen LogP contribution in [0.25, 0.3) is 0 Å². The van der Waals surface area contributed by atoms with E-state index in [0.29, 0.717) is 11.7 Å². The van der Waals surface area contributed by atoms with Crippen molar-refractivity contribution in [2.45, 2.75) is 71.1 Å². The second kappa shape index (κ2) is 10.9. The van der Waals surface area contributed by atoms with Crippen LogP contribution in [0.5, 0.6) is 0 Å². The Labute approximate surface area is 193 Å². The van der Waals surface area contributed by atoms with Crippen LogP contribution in [-0.2, 0) is 11.2 Å². The molecule has 1 saturated carbocycles. The summed E-state index contributed by atoms with van der Waals surface area (Å²) in [6, 6.07) is 19.6. The number of hydrogen-bond donors (Lipinski definition) is 0. The zero-order chi connectivity index (χ0) is 22.3. The van der Waals surface area contributed by atoms with E-state index in [1.807, 2.05) is 0 Å². The molecular weight excluding hydrogens is 392 g/mol. The molecule has 0 amide bonds. The SMILES string of the molecule is CCc1ccccc1C1CN(CC2CCC(CCCC(C)=O)CC2)N=C1c1ccccc1. The van der Waals surface area contributed by atoms with Crippen molar-refractivity contribution in [3.63, 3.8) is 0 Å². The van der Waals surface area contributed by atoms with Crippen molar-refractivity contribution < 1.29 is 4.79 Å². The number of ketones is 1. The highest BCUT2D eigenvalue weighted by Gasteiger charge is 2.32. The smallest absolute Gasteiger partial charge is 0.129 e. The summed E-state index contributed by atoms with van der Waals surface area (Å²) >= 11 is 0. The van der Waals surface area contributed by atoms with Gasteiger partial charge in [0.1, 0.15) is 5.78 Å². The Kier molecular flexibility index (Phi) is 7.78. The van der Waals surface area contributed by atoms with Gasteiger partial charge < -0.3 is 4.79 Å². The summed E-state index contributed by atoms with van der Waals surface area (Å²) in [6.45, 7) is 6.02. The molecule has 1 fully saturated rings. The maximum atomic E-state index is 11.2. The highest BCUT2D eigenvalue weighted by Crippen LogP contribution is 2.35. The van der Waals surface area contributed by atoms with Crippen molar-refractivity contribution in [3.05, 3.63) is 71.3 Å². The molecule has 0 radical (unpaired) electrons. The van der Waals surface area contributed by atoms with E-state index in [4.69, 9.17) is 5.10 Å². The van der Waals surface area contributed by atoms with Crippen LogP contribution >= 0.6 is 0 Å². The van der Waals surface area contributed by atoms with Crippen LogP contribution in [0.1, 0.15) is 81.4 Å². The Bertz CT molecular complexity index is 912. The number of carbonyl (C=O) groups is 1. The van der Waals surface area contributed by atoms with E-state index in [2.05, 4.69) is 66.5 Å². The number of hydrogen-bond acceptors (Lipinski definition) is 3. The Hall–Kier alpha value is -2.42. The first kappa shape index (κ1) is 22.8. The zero-order valence-electron chi connectivity index (χ0n) is 19.8. The summed E-state index contributed by atoms with van der Waals surface area (Å²) in [7, 11) is 0. The minimum atomic E-state index is 0.332. The van der Waals surface area contributed by atoms with Gasteiger partial charge in [0, 0.05) is 25.4 Å². The molecule has 170 valence electrons. The van der Waals surface area contributed by atoms with Crippen molar-refractivity contribution in [1.29, 1.82) is 0 Å².